The van der Waals surface area contributed by atoms with Gasteiger partial charge in [-0.3, -0.25) is 4.79 Å². The van der Waals surface area contributed by atoms with Gasteiger partial charge in [0.15, 0.2) is 17.3 Å². The zero-order valence-corrected chi connectivity index (χ0v) is 19.6. The van der Waals surface area contributed by atoms with Crippen LogP contribution in [0, 0.1) is 0 Å². The Morgan fingerprint density at radius 1 is 1.23 bits per heavy atom. The summed E-state index contributed by atoms with van der Waals surface area (Å²) in [6.45, 7) is 5.69. The standard InChI is InChI=1S/C23H28BrNO5/c1-6-12(2)30-23(27)20-13(3)25-16-8-7-9-17(26)22(16)21(20)14-10-18(28-4)19(29-5)11-15(14)24/h10-12,21,25H,6-9H2,1-5H3/t12-,21+/m1/s1. The largest absolute Gasteiger partial charge is 0.493 e. The summed E-state index contributed by atoms with van der Waals surface area (Å²) >= 11 is 3.62. The van der Waals surface area contributed by atoms with Crippen molar-refractivity contribution in [3.05, 3.63) is 44.7 Å². The molecule has 0 aromatic heterocycles. The number of benzene rings is 1. The lowest BCUT2D eigenvalue weighted by molar-refractivity contribution is -0.144. The highest BCUT2D eigenvalue weighted by Crippen LogP contribution is 2.47. The summed E-state index contributed by atoms with van der Waals surface area (Å²) in [7, 11) is 3.13. The molecule has 3 rings (SSSR count). The molecule has 0 saturated carbocycles. The van der Waals surface area contributed by atoms with Gasteiger partial charge in [0.05, 0.1) is 25.9 Å². The Hall–Kier alpha value is -2.28. The van der Waals surface area contributed by atoms with Crippen LogP contribution < -0.4 is 14.8 Å². The van der Waals surface area contributed by atoms with E-state index < -0.39 is 11.9 Å². The van der Waals surface area contributed by atoms with Crippen molar-refractivity contribution >= 4 is 27.7 Å². The maximum absolute atomic E-state index is 13.2. The normalized spacial score (nSPS) is 19.8. The summed E-state index contributed by atoms with van der Waals surface area (Å²) in [6, 6.07) is 3.63. The lowest BCUT2D eigenvalue weighted by atomic mass is 9.75. The van der Waals surface area contributed by atoms with Crippen molar-refractivity contribution < 1.29 is 23.8 Å². The van der Waals surface area contributed by atoms with Gasteiger partial charge in [-0.2, -0.15) is 0 Å². The number of ketones is 1. The highest BCUT2D eigenvalue weighted by Gasteiger charge is 2.40. The second-order valence-corrected chi connectivity index (χ2v) is 8.47. The number of rotatable bonds is 6. The molecule has 1 aromatic carbocycles. The van der Waals surface area contributed by atoms with Crippen LogP contribution in [0.5, 0.6) is 11.5 Å². The Balaban J connectivity index is 2.21. The van der Waals surface area contributed by atoms with E-state index in [1.54, 1.807) is 20.3 Å². The summed E-state index contributed by atoms with van der Waals surface area (Å²) in [5.41, 5.74) is 3.46. The second-order valence-electron chi connectivity index (χ2n) is 7.62. The highest BCUT2D eigenvalue weighted by molar-refractivity contribution is 9.10. The van der Waals surface area contributed by atoms with Crippen molar-refractivity contribution in [2.24, 2.45) is 0 Å². The smallest absolute Gasteiger partial charge is 0.337 e. The fraction of sp³-hybridized carbons (Fsp3) is 0.478. The Morgan fingerprint density at radius 2 is 1.90 bits per heavy atom. The number of hydrogen-bond acceptors (Lipinski definition) is 6. The zero-order valence-electron chi connectivity index (χ0n) is 18.1. The minimum absolute atomic E-state index is 0.0526. The van der Waals surface area contributed by atoms with Gasteiger partial charge in [-0.1, -0.05) is 22.9 Å². The molecule has 1 aliphatic carbocycles. The van der Waals surface area contributed by atoms with E-state index in [2.05, 4.69) is 21.2 Å². The van der Waals surface area contributed by atoms with Crippen LogP contribution in [0.2, 0.25) is 0 Å². The number of dihydropyridines is 1. The molecule has 7 heteroatoms. The maximum atomic E-state index is 13.2. The first-order valence-corrected chi connectivity index (χ1v) is 11.0. The Morgan fingerprint density at radius 3 is 2.53 bits per heavy atom. The molecule has 0 radical (unpaired) electrons. The number of carbonyl (C=O) groups excluding carboxylic acids is 2. The molecule has 2 aliphatic rings. The van der Waals surface area contributed by atoms with Crippen molar-refractivity contribution in [1.82, 2.24) is 5.32 Å². The molecular formula is C23H28BrNO5. The SMILES string of the molecule is CC[C@@H](C)OC(=O)C1=C(C)NC2=C(C(=O)CCC2)[C@H]1c1cc(OC)c(OC)cc1Br. The highest BCUT2D eigenvalue weighted by atomic mass is 79.9. The maximum Gasteiger partial charge on any atom is 0.337 e. The Bertz CT molecular complexity index is 934. The molecule has 0 spiro atoms. The molecule has 0 amide bonds. The number of ether oxygens (including phenoxy) is 3. The van der Waals surface area contributed by atoms with E-state index in [1.165, 1.54) is 0 Å². The summed E-state index contributed by atoms with van der Waals surface area (Å²) in [4.78, 5) is 26.2. The van der Waals surface area contributed by atoms with Gasteiger partial charge in [-0.15, -0.1) is 0 Å². The molecule has 1 heterocycles. The molecule has 1 N–H and O–H groups in total. The van der Waals surface area contributed by atoms with Gasteiger partial charge in [0, 0.05) is 33.8 Å². The van der Waals surface area contributed by atoms with Gasteiger partial charge < -0.3 is 19.5 Å². The van der Waals surface area contributed by atoms with Crippen LogP contribution in [0.3, 0.4) is 0 Å². The number of Topliss-reactive ketones (excluding diaryl/α,β-unsaturated/α-hetero) is 1. The van der Waals surface area contributed by atoms with Crippen molar-refractivity contribution in [2.75, 3.05) is 14.2 Å². The second kappa shape index (κ2) is 9.25. The summed E-state index contributed by atoms with van der Waals surface area (Å²) in [6.07, 6.45) is 2.53. The van der Waals surface area contributed by atoms with E-state index in [1.807, 2.05) is 26.8 Å². The van der Waals surface area contributed by atoms with Gasteiger partial charge >= 0.3 is 5.97 Å². The van der Waals surface area contributed by atoms with Crippen LogP contribution in [0.1, 0.15) is 57.9 Å². The van der Waals surface area contributed by atoms with E-state index in [0.717, 1.165) is 28.6 Å². The van der Waals surface area contributed by atoms with E-state index in [-0.39, 0.29) is 11.9 Å². The van der Waals surface area contributed by atoms with Crippen molar-refractivity contribution in [1.29, 1.82) is 0 Å². The lowest BCUT2D eigenvalue weighted by Crippen LogP contribution is -2.35. The molecule has 0 saturated heterocycles. The first kappa shape index (κ1) is 22.4. The number of carbonyl (C=O) groups is 2. The minimum atomic E-state index is -0.542. The summed E-state index contributed by atoms with van der Waals surface area (Å²) in [5, 5.41) is 3.31. The fourth-order valence-corrected chi connectivity index (χ4v) is 4.54. The number of halogens is 1. The van der Waals surface area contributed by atoms with Crippen molar-refractivity contribution in [2.45, 2.75) is 58.5 Å². The van der Waals surface area contributed by atoms with Gasteiger partial charge in [-0.05, 0) is 50.8 Å². The van der Waals surface area contributed by atoms with Crippen LogP contribution in [-0.4, -0.2) is 32.1 Å². The Labute approximate surface area is 185 Å². The van der Waals surface area contributed by atoms with Crippen LogP contribution in [-0.2, 0) is 14.3 Å². The first-order valence-electron chi connectivity index (χ1n) is 10.2. The molecule has 0 bridgehead atoms. The van der Waals surface area contributed by atoms with E-state index in [4.69, 9.17) is 14.2 Å². The third-order valence-electron chi connectivity index (χ3n) is 5.69. The van der Waals surface area contributed by atoms with Crippen LogP contribution in [0.15, 0.2) is 39.1 Å². The van der Waals surface area contributed by atoms with Crippen LogP contribution in [0.25, 0.3) is 0 Å². The van der Waals surface area contributed by atoms with Gasteiger partial charge in [0.25, 0.3) is 0 Å². The molecule has 1 aliphatic heterocycles. The number of allylic oxidation sites excluding steroid dienone is 3. The van der Waals surface area contributed by atoms with Crippen molar-refractivity contribution in [3.63, 3.8) is 0 Å². The molecule has 0 unspecified atom stereocenters. The molecule has 1 aromatic rings. The molecule has 30 heavy (non-hydrogen) atoms. The van der Waals surface area contributed by atoms with Crippen LogP contribution in [0.4, 0.5) is 0 Å². The number of hydrogen-bond donors (Lipinski definition) is 1. The zero-order chi connectivity index (χ0) is 22.0. The average Bonchev–Trinajstić information content (AvgIpc) is 2.72. The number of nitrogens with one attached hydrogen (secondary N) is 1. The fourth-order valence-electron chi connectivity index (χ4n) is 3.99. The monoisotopic (exact) mass is 477 g/mol. The van der Waals surface area contributed by atoms with Gasteiger partial charge in [0.1, 0.15) is 0 Å². The quantitative estimate of drug-likeness (QED) is 0.594. The predicted octanol–water partition coefficient (Wildman–Crippen LogP) is 4.78. The lowest BCUT2D eigenvalue weighted by Gasteiger charge is -2.35. The molecule has 162 valence electrons. The summed E-state index contributed by atoms with van der Waals surface area (Å²) < 4.78 is 17.3. The third kappa shape index (κ3) is 4.13. The van der Waals surface area contributed by atoms with Crippen molar-refractivity contribution in [3.8, 4) is 11.5 Å². The van der Waals surface area contributed by atoms with E-state index in [0.29, 0.717) is 41.2 Å². The molecule has 2 atom stereocenters. The van der Waals surface area contributed by atoms with Gasteiger partial charge in [0.2, 0.25) is 0 Å². The topological polar surface area (TPSA) is 73.9 Å². The third-order valence-corrected chi connectivity index (χ3v) is 6.38. The summed E-state index contributed by atoms with van der Waals surface area (Å²) in [5.74, 6) is 0.199. The average molecular weight is 478 g/mol. The predicted molar refractivity (Wildman–Crippen MR) is 118 cm³/mol. The Kier molecular flexibility index (Phi) is 6.91. The number of methoxy groups -OCH3 is 2. The number of esters is 1. The first-order chi connectivity index (χ1) is 14.3. The minimum Gasteiger partial charge on any atom is -0.493 e. The van der Waals surface area contributed by atoms with Crippen LogP contribution >= 0.6 is 15.9 Å². The molecular weight excluding hydrogens is 450 g/mol. The molecule has 0 fully saturated rings. The molecule has 6 nitrogen and oxygen atoms in total. The van der Waals surface area contributed by atoms with E-state index in [9.17, 15) is 9.59 Å². The van der Waals surface area contributed by atoms with Gasteiger partial charge in [-0.25, -0.2) is 4.79 Å². The van der Waals surface area contributed by atoms with E-state index >= 15 is 0 Å².